The Morgan fingerprint density at radius 2 is 1.26 bits per heavy atom. The van der Waals surface area contributed by atoms with E-state index in [0.29, 0.717) is 17.8 Å². The Hall–Kier alpha value is -4.38. The van der Waals surface area contributed by atoms with Crippen LogP contribution in [0.1, 0.15) is 91.8 Å². The van der Waals surface area contributed by atoms with E-state index in [4.69, 9.17) is 0 Å². The molecule has 0 aliphatic rings. The summed E-state index contributed by atoms with van der Waals surface area (Å²) in [5, 5.41) is 22.4. The molecule has 5 aromatic rings. The van der Waals surface area contributed by atoms with Crippen LogP contribution in [0, 0.1) is 0 Å². The highest BCUT2D eigenvalue weighted by molar-refractivity contribution is 6.13. The second-order valence-corrected chi connectivity index (χ2v) is 11.5. The van der Waals surface area contributed by atoms with Crippen molar-refractivity contribution in [2.45, 2.75) is 71.1 Å². The first-order valence-corrected chi connectivity index (χ1v) is 15.8. The van der Waals surface area contributed by atoms with E-state index in [1.165, 1.54) is 51.4 Å². The average molecular weight is 575 g/mol. The maximum absolute atomic E-state index is 13.4. The van der Waals surface area contributed by atoms with Crippen LogP contribution < -0.4 is 10.6 Å². The first kappa shape index (κ1) is 30.1. The molecule has 0 fully saturated rings. The van der Waals surface area contributed by atoms with Gasteiger partial charge in [0.15, 0.2) is 0 Å². The summed E-state index contributed by atoms with van der Waals surface area (Å²) in [4.78, 5) is 26.2. The van der Waals surface area contributed by atoms with Gasteiger partial charge in [-0.25, -0.2) is 0 Å². The molecule has 0 radical (unpaired) electrons. The van der Waals surface area contributed by atoms with Gasteiger partial charge in [-0.2, -0.15) is 0 Å². The second kappa shape index (κ2) is 14.7. The monoisotopic (exact) mass is 574 g/mol. The van der Waals surface area contributed by atoms with Crippen molar-refractivity contribution >= 4 is 49.8 Å². The number of benzene rings is 5. The number of nitrogens with one attached hydrogen (secondary N) is 2. The van der Waals surface area contributed by atoms with E-state index in [9.17, 15) is 14.7 Å². The molecule has 0 bridgehead atoms. The number of rotatable bonds is 14. The first-order valence-electron chi connectivity index (χ1n) is 15.8. The molecule has 5 aromatic carbocycles. The summed E-state index contributed by atoms with van der Waals surface area (Å²) in [7, 11) is 0. The van der Waals surface area contributed by atoms with Crippen molar-refractivity contribution in [1.82, 2.24) is 5.32 Å². The molecule has 0 heterocycles. The smallest absolute Gasteiger partial charge is 0.259 e. The number of hydrogen-bond donors (Lipinski definition) is 3. The van der Waals surface area contributed by atoms with Gasteiger partial charge >= 0.3 is 0 Å². The molecule has 2 amide bonds. The maximum Gasteiger partial charge on any atom is 0.259 e. The van der Waals surface area contributed by atoms with Gasteiger partial charge in [-0.05, 0) is 75.8 Å². The number of unbranched alkanes of at least 4 members (excludes halogenated alkanes) is 9. The fourth-order valence-electron chi connectivity index (χ4n) is 5.79. The van der Waals surface area contributed by atoms with Crippen molar-refractivity contribution in [3.05, 3.63) is 96.1 Å². The highest BCUT2D eigenvalue weighted by atomic mass is 16.3. The number of hydrogen-bond acceptors (Lipinski definition) is 3. The fourth-order valence-corrected chi connectivity index (χ4v) is 5.79. The lowest BCUT2D eigenvalue weighted by Crippen LogP contribution is -2.24. The molecule has 5 heteroatoms. The van der Waals surface area contributed by atoms with Crippen LogP contribution in [0.5, 0.6) is 5.75 Å². The van der Waals surface area contributed by atoms with Gasteiger partial charge in [0.2, 0.25) is 0 Å². The van der Waals surface area contributed by atoms with Crippen molar-refractivity contribution in [3.63, 3.8) is 0 Å². The van der Waals surface area contributed by atoms with Crippen molar-refractivity contribution < 1.29 is 14.7 Å². The highest BCUT2D eigenvalue weighted by Gasteiger charge is 2.16. The van der Waals surface area contributed by atoms with Crippen molar-refractivity contribution in [3.8, 4) is 5.75 Å². The molecule has 3 N–H and O–H groups in total. The van der Waals surface area contributed by atoms with Crippen LogP contribution in [-0.2, 0) is 0 Å². The van der Waals surface area contributed by atoms with Gasteiger partial charge in [0, 0.05) is 23.2 Å². The summed E-state index contributed by atoms with van der Waals surface area (Å²) >= 11 is 0. The van der Waals surface area contributed by atoms with Gasteiger partial charge < -0.3 is 15.7 Å². The molecule has 5 rings (SSSR count). The van der Waals surface area contributed by atoms with E-state index in [2.05, 4.69) is 35.8 Å². The predicted octanol–water partition coefficient (Wildman–Crippen LogP) is 9.75. The summed E-state index contributed by atoms with van der Waals surface area (Å²) in [6.07, 6.45) is 12.6. The Bertz CT molecular complexity index is 1730. The van der Waals surface area contributed by atoms with Gasteiger partial charge in [-0.15, -0.1) is 0 Å². The molecule has 222 valence electrons. The molecule has 5 nitrogen and oxygen atoms in total. The van der Waals surface area contributed by atoms with Gasteiger partial charge in [0.1, 0.15) is 5.75 Å². The number of phenols is 1. The zero-order valence-corrected chi connectivity index (χ0v) is 25.1. The minimum Gasteiger partial charge on any atom is -0.507 e. The molecule has 0 aliphatic carbocycles. The largest absolute Gasteiger partial charge is 0.507 e. The minimum absolute atomic E-state index is 0.103. The number of anilines is 1. The summed E-state index contributed by atoms with van der Waals surface area (Å²) in [6.45, 7) is 2.90. The molecule has 0 saturated carbocycles. The Labute approximate surface area is 254 Å². The fraction of sp³-hybridized carbons (Fsp3) is 0.316. The van der Waals surface area contributed by atoms with Gasteiger partial charge in [-0.1, -0.05) is 107 Å². The van der Waals surface area contributed by atoms with E-state index in [0.717, 1.165) is 45.2 Å². The number of phenolic OH excluding ortho intramolecular Hbond substituents is 1. The maximum atomic E-state index is 13.4. The number of amides is 2. The van der Waals surface area contributed by atoms with Crippen LogP contribution in [-0.4, -0.2) is 23.5 Å². The number of carbonyl (C=O) groups is 2. The molecule has 0 saturated heterocycles. The van der Waals surface area contributed by atoms with Crippen LogP contribution in [0.25, 0.3) is 32.3 Å². The molecular formula is C38H42N2O3. The third kappa shape index (κ3) is 7.72. The van der Waals surface area contributed by atoms with Crippen molar-refractivity contribution in [2.24, 2.45) is 0 Å². The van der Waals surface area contributed by atoms with E-state index in [-0.39, 0.29) is 17.2 Å². The molecule has 0 aromatic heterocycles. The Morgan fingerprint density at radius 1 is 0.605 bits per heavy atom. The summed E-state index contributed by atoms with van der Waals surface area (Å²) in [5.74, 6) is -0.635. The summed E-state index contributed by atoms with van der Waals surface area (Å²) < 4.78 is 0. The quantitative estimate of drug-likeness (QED) is 0.0912. The normalized spacial score (nSPS) is 11.3. The standard InChI is InChI=1S/C38H42N2O3/c1-2-3-4-5-6-7-8-9-10-13-21-39-37(42)31-20-19-29-26-36(41)34(25-32(29)23-31)38(43)40-35-18-14-17-30-22-27-15-11-12-16-28(27)24-33(30)35/h11-12,14-20,22-26,41H,2-10,13,21H2,1H3,(H,39,42)(H,40,43). The summed E-state index contributed by atoms with van der Waals surface area (Å²) in [6, 6.07) is 26.7. The van der Waals surface area contributed by atoms with Crippen LogP contribution in [0.4, 0.5) is 5.69 Å². The summed E-state index contributed by atoms with van der Waals surface area (Å²) in [5.41, 5.74) is 1.37. The van der Waals surface area contributed by atoms with E-state index >= 15 is 0 Å². The lowest BCUT2D eigenvalue weighted by atomic mass is 10.0. The molecular weight excluding hydrogens is 532 g/mol. The average Bonchev–Trinajstić information content (AvgIpc) is 3.02. The Morgan fingerprint density at radius 3 is 2.00 bits per heavy atom. The van der Waals surface area contributed by atoms with Gasteiger partial charge in [0.25, 0.3) is 11.8 Å². The highest BCUT2D eigenvalue weighted by Crippen LogP contribution is 2.31. The number of carbonyl (C=O) groups excluding carboxylic acids is 2. The van der Waals surface area contributed by atoms with E-state index in [1.807, 2.05) is 42.5 Å². The second-order valence-electron chi connectivity index (χ2n) is 11.5. The Kier molecular flexibility index (Phi) is 10.3. The predicted molar refractivity (Wildman–Crippen MR) is 179 cm³/mol. The zero-order chi connectivity index (χ0) is 30.0. The molecule has 0 atom stereocenters. The number of fused-ring (bicyclic) bond motifs is 3. The first-order chi connectivity index (χ1) is 21.0. The lowest BCUT2D eigenvalue weighted by molar-refractivity contribution is 0.0952. The van der Waals surface area contributed by atoms with E-state index in [1.54, 1.807) is 24.3 Å². The third-order valence-corrected chi connectivity index (χ3v) is 8.27. The molecule has 0 spiro atoms. The van der Waals surface area contributed by atoms with Crippen LogP contribution in [0.2, 0.25) is 0 Å². The zero-order valence-electron chi connectivity index (χ0n) is 25.1. The van der Waals surface area contributed by atoms with Crippen LogP contribution in [0.3, 0.4) is 0 Å². The van der Waals surface area contributed by atoms with Crippen LogP contribution >= 0.6 is 0 Å². The molecule has 0 aliphatic heterocycles. The Balaban J connectivity index is 1.20. The minimum atomic E-state index is -0.407. The third-order valence-electron chi connectivity index (χ3n) is 8.27. The SMILES string of the molecule is CCCCCCCCCCCCNC(=O)c1ccc2cc(O)c(C(=O)Nc3cccc4cc5ccccc5cc34)cc2c1. The van der Waals surface area contributed by atoms with Crippen molar-refractivity contribution in [1.29, 1.82) is 0 Å². The van der Waals surface area contributed by atoms with Crippen LogP contribution in [0.15, 0.2) is 84.9 Å². The van der Waals surface area contributed by atoms with Gasteiger partial charge in [0.05, 0.1) is 5.56 Å². The molecule has 43 heavy (non-hydrogen) atoms. The number of aromatic hydroxyl groups is 1. The van der Waals surface area contributed by atoms with Crippen molar-refractivity contribution in [2.75, 3.05) is 11.9 Å². The topological polar surface area (TPSA) is 78.4 Å². The molecule has 0 unspecified atom stereocenters. The van der Waals surface area contributed by atoms with E-state index < -0.39 is 5.91 Å². The lowest BCUT2D eigenvalue weighted by Gasteiger charge is -2.12. The van der Waals surface area contributed by atoms with Gasteiger partial charge in [-0.3, -0.25) is 9.59 Å².